The summed E-state index contributed by atoms with van der Waals surface area (Å²) in [5.74, 6) is -0.177. The zero-order valence-electron chi connectivity index (χ0n) is 17.3. The summed E-state index contributed by atoms with van der Waals surface area (Å²) in [5, 5.41) is 10.3. The number of hydrogen-bond donors (Lipinski definition) is 3. The Kier molecular flexibility index (Phi) is 6.71. The van der Waals surface area contributed by atoms with Gasteiger partial charge < -0.3 is 19.8 Å². The highest BCUT2D eigenvalue weighted by molar-refractivity contribution is 9.10. The highest BCUT2D eigenvalue weighted by Gasteiger charge is 2.19. The molecule has 9 heteroatoms. The number of thiocarbonyl (C=S) groups is 1. The van der Waals surface area contributed by atoms with Gasteiger partial charge in [-0.05, 0) is 75.3 Å². The molecule has 0 spiro atoms. The maximum atomic E-state index is 13.0. The van der Waals surface area contributed by atoms with E-state index in [2.05, 4.69) is 31.9 Å². The molecule has 1 aromatic heterocycles. The molecule has 7 nitrogen and oxygen atoms in total. The number of hydrogen-bond acceptors (Lipinski definition) is 5. The summed E-state index contributed by atoms with van der Waals surface area (Å²) in [6.07, 6.45) is 1.43. The summed E-state index contributed by atoms with van der Waals surface area (Å²) in [6.45, 7) is 0. The van der Waals surface area contributed by atoms with Crippen LogP contribution in [-0.4, -0.2) is 24.0 Å². The molecule has 0 fully saturated rings. The molecule has 166 valence electrons. The van der Waals surface area contributed by atoms with E-state index in [-0.39, 0.29) is 16.8 Å². The van der Waals surface area contributed by atoms with Gasteiger partial charge in [0.15, 0.2) is 10.9 Å². The van der Waals surface area contributed by atoms with Crippen molar-refractivity contribution < 1.29 is 18.7 Å². The van der Waals surface area contributed by atoms with E-state index in [0.29, 0.717) is 27.2 Å². The van der Waals surface area contributed by atoms with Crippen molar-refractivity contribution in [1.29, 1.82) is 0 Å². The molecule has 0 saturated heterocycles. The molecule has 0 bridgehead atoms. The summed E-state index contributed by atoms with van der Waals surface area (Å²) >= 11 is 8.85. The van der Waals surface area contributed by atoms with E-state index in [1.54, 1.807) is 42.5 Å². The predicted octanol–water partition coefficient (Wildman–Crippen LogP) is 5.58. The Morgan fingerprint density at radius 2 is 1.70 bits per heavy atom. The zero-order chi connectivity index (χ0) is 23.4. The number of halogens is 1. The first-order valence-electron chi connectivity index (χ1n) is 9.78. The molecule has 4 aromatic rings. The molecule has 0 aliphatic carbocycles. The highest BCUT2D eigenvalue weighted by atomic mass is 79.9. The van der Waals surface area contributed by atoms with Crippen LogP contribution in [0.2, 0.25) is 0 Å². The molecule has 0 radical (unpaired) electrons. The van der Waals surface area contributed by atoms with Gasteiger partial charge in [0.05, 0.1) is 23.4 Å². The summed E-state index contributed by atoms with van der Waals surface area (Å²) in [4.78, 5) is 25.1. The van der Waals surface area contributed by atoms with Crippen LogP contribution in [0.1, 0.15) is 20.9 Å². The smallest absolute Gasteiger partial charge is 0.291 e. The number of anilines is 2. The van der Waals surface area contributed by atoms with Crippen molar-refractivity contribution in [3.63, 3.8) is 0 Å². The van der Waals surface area contributed by atoms with Gasteiger partial charge in [0.1, 0.15) is 5.75 Å². The lowest BCUT2D eigenvalue weighted by atomic mass is 10.1. The zero-order valence-corrected chi connectivity index (χ0v) is 19.7. The Morgan fingerprint density at radius 1 is 0.939 bits per heavy atom. The van der Waals surface area contributed by atoms with Crippen molar-refractivity contribution in [2.45, 2.75) is 0 Å². The minimum atomic E-state index is -0.418. The number of amides is 2. The molecular weight excluding hydrogens is 506 g/mol. The van der Waals surface area contributed by atoms with Crippen molar-refractivity contribution in [1.82, 2.24) is 5.32 Å². The van der Waals surface area contributed by atoms with Gasteiger partial charge in [-0.1, -0.05) is 30.3 Å². The second-order valence-electron chi connectivity index (χ2n) is 6.91. The van der Waals surface area contributed by atoms with Crippen LogP contribution in [0.3, 0.4) is 0 Å². The van der Waals surface area contributed by atoms with E-state index < -0.39 is 5.91 Å². The number of rotatable bonds is 5. The predicted molar refractivity (Wildman–Crippen MR) is 135 cm³/mol. The second kappa shape index (κ2) is 9.85. The average Bonchev–Trinajstić information content (AvgIpc) is 3.34. The highest BCUT2D eigenvalue weighted by Crippen LogP contribution is 2.36. The lowest BCUT2D eigenvalue weighted by Crippen LogP contribution is -2.34. The van der Waals surface area contributed by atoms with Crippen LogP contribution in [0.4, 0.5) is 11.4 Å². The maximum absolute atomic E-state index is 13.0. The largest absolute Gasteiger partial charge is 0.495 e. The van der Waals surface area contributed by atoms with Gasteiger partial charge in [-0.15, -0.1) is 0 Å². The molecule has 0 unspecified atom stereocenters. The lowest BCUT2D eigenvalue weighted by Gasteiger charge is -2.15. The number of methoxy groups -OCH3 is 1. The van der Waals surface area contributed by atoms with Crippen LogP contribution in [0, 0.1) is 0 Å². The fraction of sp³-hybridized carbons (Fsp3) is 0.0417. The molecule has 0 saturated carbocycles. The summed E-state index contributed by atoms with van der Waals surface area (Å²) < 4.78 is 11.2. The topological polar surface area (TPSA) is 92.6 Å². The first-order chi connectivity index (χ1) is 16.0. The van der Waals surface area contributed by atoms with Crippen molar-refractivity contribution in [3.8, 4) is 5.75 Å². The van der Waals surface area contributed by atoms with Crippen molar-refractivity contribution in [2.24, 2.45) is 0 Å². The monoisotopic (exact) mass is 523 g/mol. The number of furan rings is 1. The molecule has 0 aliphatic heterocycles. The van der Waals surface area contributed by atoms with Gasteiger partial charge in [-0.25, -0.2) is 0 Å². The molecule has 3 N–H and O–H groups in total. The Morgan fingerprint density at radius 3 is 2.42 bits per heavy atom. The van der Waals surface area contributed by atoms with Crippen LogP contribution in [-0.2, 0) is 0 Å². The molecule has 2 amide bonds. The first kappa shape index (κ1) is 22.5. The van der Waals surface area contributed by atoms with Gasteiger partial charge in [-0.3, -0.25) is 14.9 Å². The van der Waals surface area contributed by atoms with Gasteiger partial charge in [-0.2, -0.15) is 0 Å². The third kappa shape index (κ3) is 5.05. The molecule has 0 atom stereocenters. The maximum Gasteiger partial charge on any atom is 0.291 e. The van der Waals surface area contributed by atoms with E-state index in [1.165, 1.54) is 13.4 Å². The minimum Gasteiger partial charge on any atom is -0.495 e. The standard InChI is InChI=1S/C24H18BrN3O4S/c1-31-21-18(12-14-6-2-3-9-17(14)20(21)25)22(29)28-24(33)27-16-8-4-7-15(13-16)26-23(30)19-10-5-11-32-19/h2-13H,1H3,(H,26,30)(H2,27,28,29,33). The third-order valence-electron chi connectivity index (χ3n) is 4.74. The van der Waals surface area contributed by atoms with Crippen molar-refractivity contribution in [2.75, 3.05) is 17.7 Å². The molecular formula is C24H18BrN3O4S. The normalized spacial score (nSPS) is 10.5. The van der Waals surface area contributed by atoms with E-state index in [0.717, 1.165) is 10.8 Å². The van der Waals surface area contributed by atoms with E-state index in [1.807, 2.05) is 24.3 Å². The van der Waals surface area contributed by atoms with Gasteiger partial charge in [0.25, 0.3) is 11.8 Å². The van der Waals surface area contributed by atoms with Crippen LogP contribution < -0.4 is 20.7 Å². The molecule has 0 aliphatic rings. The number of carbonyl (C=O) groups is 2. The summed E-state index contributed by atoms with van der Waals surface area (Å²) in [5.41, 5.74) is 1.46. The number of fused-ring (bicyclic) bond motifs is 1. The van der Waals surface area contributed by atoms with Crippen LogP contribution in [0.15, 0.2) is 81.9 Å². The Balaban J connectivity index is 1.47. The number of benzene rings is 3. The quantitative estimate of drug-likeness (QED) is 0.295. The van der Waals surface area contributed by atoms with Crippen molar-refractivity contribution in [3.05, 3.63) is 88.8 Å². The van der Waals surface area contributed by atoms with E-state index in [9.17, 15) is 9.59 Å². The summed E-state index contributed by atoms with van der Waals surface area (Å²) in [7, 11) is 1.50. The second-order valence-corrected chi connectivity index (χ2v) is 8.11. The Hall–Kier alpha value is -3.69. The van der Waals surface area contributed by atoms with Crippen molar-refractivity contribution >= 4 is 67.2 Å². The van der Waals surface area contributed by atoms with Crippen LogP contribution >= 0.6 is 28.1 Å². The molecule has 4 rings (SSSR count). The minimum absolute atomic E-state index is 0.0980. The summed E-state index contributed by atoms with van der Waals surface area (Å²) in [6, 6.07) is 19.5. The van der Waals surface area contributed by atoms with E-state index >= 15 is 0 Å². The van der Waals surface area contributed by atoms with E-state index in [4.69, 9.17) is 21.4 Å². The average molecular weight is 524 g/mol. The Bertz CT molecular complexity index is 1360. The molecule has 3 aromatic carbocycles. The fourth-order valence-electron chi connectivity index (χ4n) is 3.26. The SMILES string of the molecule is COc1c(C(=O)NC(=S)Nc2cccc(NC(=O)c3ccco3)c2)cc2ccccc2c1Br. The van der Waals surface area contributed by atoms with Gasteiger partial charge in [0.2, 0.25) is 0 Å². The van der Waals surface area contributed by atoms with Gasteiger partial charge in [0, 0.05) is 11.4 Å². The van der Waals surface area contributed by atoms with Crippen LogP contribution in [0.5, 0.6) is 5.75 Å². The first-order valence-corrected chi connectivity index (χ1v) is 11.0. The molecule has 1 heterocycles. The number of nitrogens with one attached hydrogen (secondary N) is 3. The third-order valence-corrected chi connectivity index (χ3v) is 5.73. The number of ether oxygens (including phenoxy) is 1. The van der Waals surface area contributed by atoms with Crippen LogP contribution in [0.25, 0.3) is 10.8 Å². The molecule has 33 heavy (non-hydrogen) atoms. The number of carbonyl (C=O) groups excluding carboxylic acids is 2. The van der Waals surface area contributed by atoms with Gasteiger partial charge >= 0.3 is 0 Å². The fourth-order valence-corrected chi connectivity index (χ4v) is 4.21. The Labute approximate surface area is 203 Å². The lowest BCUT2D eigenvalue weighted by molar-refractivity contribution is 0.0972.